The molecule has 0 saturated carbocycles. The fourth-order valence-electron chi connectivity index (χ4n) is 2.20. The SMILES string of the molecule is N#Cc1ccc2scc(C3=CCCNC3)c2c1. The second-order valence-corrected chi connectivity index (χ2v) is 5.08. The van der Waals surface area contributed by atoms with E-state index < -0.39 is 0 Å². The van der Waals surface area contributed by atoms with Crippen molar-refractivity contribution < 1.29 is 0 Å². The summed E-state index contributed by atoms with van der Waals surface area (Å²) in [5.41, 5.74) is 3.38. The highest BCUT2D eigenvalue weighted by Gasteiger charge is 2.11. The molecule has 0 bridgehead atoms. The second kappa shape index (κ2) is 4.33. The van der Waals surface area contributed by atoms with Crippen LogP contribution in [0.25, 0.3) is 15.7 Å². The predicted molar refractivity (Wildman–Crippen MR) is 72.0 cm³/mol. The zero-order chi connectivity index (χ0) is 11.7. The first-order valence-electron chi connectivity index (χ1n) is 5.70. The van der Waals surface area contributed by atoms with Gasteiger partial charge < -0.3 is 5.32 Å². The molecule has 2 nitrogen and oxygen atoms in total. The van der Waals surface area contributed by atoms with Gasteiger partial charge in [0.15, 0.2) is 0 Å². The molecule has 1 aliphatic heterocycles. The molecule has 0 fully saturated rings. The Balaban J connectivity index is 2.16. The Hall–Kier alpha value is -1.63. The number of nitriles is 1. The summed E-state index contributed by atoms with van der Waals surface area (Å²) < 4.78 is 1.26. The smallest absolute Gasteiger partial charge is 0.0991 e. The molecule has 0 spiro atoms. The maximum absolute atomic E-state index is 8.96. The number of nitrogens with one attached hydrogen (secondary N) is 1. The summed E-state index contributed by atoms with van der Waals surface area (Å²) in [6, 6.07) is 8.13. The average molecular weight is 240 g/mol. The lowest BCUT2D eigenvalue weighted by atomic mass is 10.0. The van der Waals surface area contributed by atoms with Gasteiger partial charge in [-0.25, -0.2) is 0 Å². The number of hydrogen-bond donors (Lipinski definition) is 1. The van der Waals surface area contributed by atoms with Crippen LogP contribution >= 0.6 is 11.3 Å². The number of benzene rings is 1. The summed E-state index contributed by atoms with van der Waals surface area (Å²) in [4.78, 5) is 0. The summed E-state index contributed by atoms with van der Waals surface area (Å²) in [5.74, 6) is 0. The van der Waals surface area contributed by atoms with Crippen molar-refractivity contribution in [3.8, 4) is 6.07 Å². The van der Waals surface area contributed by atoms with Gasteiger partial charge in [0.1, 0.15) is 0 Å². The number of rotatable bonds is 1. The molecule has 1 aromatic carbocycles. The highest BCUT2D eigenvalue weighted by molar-refractivity contribution is 7.17. The van der Waals surface area contributed by atoms with E-state index in [1.54, 1.807) is 11.3 Å². The van der Waals surface area contributed by atoms with E-state index in [-0.39, 0.29) is 0 Å². The van der Waals surface area contributed by atoms with E-state index in [9.17, 15) is 0 Å². The Morgan fingerprint density at radius 1 is 1.35 bits per heavy atom. The van der Waals surface area contributed by atoms with Crippen LogP contribution in [0.4, 0.5) is 0 Å². The lowest BCUT2D eigenvalue weighted by Crippen LogP contribution is -2.21. The summed E-state index contributed by atoms with van der Waals surface area (Å²) in [5, 5.41) is 15.8. The van der Waals surface area contributed by atoms with Crippen LogP contribution in [-0.2, 0) is 0 Å². The van der Waals surface area contributed by atoms with E-state index in [0.29, 0.717) is 0 Å². The molecular weight excluding hydrogens is 228 g/mol. The van der Waals surface area contributed by atoms with Crippen molar-refractivity contribution >= 4 is 27.0 Å². The van der Waals surface area contributed by atoms with E-state index in [2.05, 4.69) is 22.8 Å². The third kappa shape index (κ3) is 1.86. The third-order valence-electron chi connectivity index (χ3n) is 3.08. The lowest BCUT2D eigenvalue weighted by Gasteiger charge is -2.13. The van der Waals surface area contributed by atoms with Gasteiger partial charge in [-0.3, -0.25) is 0 Å². The van der Waals surface area contributed by atoms with Gasteiger partial charge in [-0.2, -0.15) is 5.26 Å². The van der Waals surface area contributed by atoms with Crippen LogP contribution in [0.15, 0.2) is 29.7 Å². The molecule has 1 aromatic heterocycles. The topological polar surface area (TPSA) is 35.8 Å². The first-order valence-corrected chi connectivity index (χ1v) is 6.58. The Morgan fingerprint density at radius 2 is 2.29 bits per heavy atom. The molecule has 2 heterocycles. The molecule has 0 aliphatic carbocycles. The Bertz CT molecular complexity index is 631. The lowest BCUT2D eigenvalue weighted by molar-refractivity contribution is 0.740. The van der Waals surface area contributed by atoms with Crippen LogP contribution in [0, 0.1) is 11.3 Å². The van der Waals surface area contributed by atoms with Gasteiger partial charge in [0.05, 0.1) is 11.6 Å². The zero-order valence-corrected chi connectivity index (χ0v) is 10.2. The molecule has 3 rings (SSSR count). The van der Waals surface area contributed by atoms with Crippen molar-refractivity contribution in [3.63, 3.8) is 0 Å². The maximum Gasteiger partial charge on any atom is 0.0991 e. The summed E-state index contributed by atoms with van der Waals surface area (Å²) in [6.07, 6.45) is 3.39. The quantitative estimate of drug-likeness (QED) is 0.831. The molecule has 3 heteroatoms. The minimum absolute atomic E-state index is 0.738. The van der Waals surface area contributed by atoms with Crippen LogP contribution in [0.3, 0.4) is 0 Å². The van der Waals surface area contributed by atoms with Crippen LogP contribution < -0.4 is 5.32 Å². The van der Waals surface area contributed by atoms with E-state index in [1.807, 2.05) is 18.2 Å². The standard InChI is InChI=1S/C14H12N2S/c15-7-10-3-4-14-12(6-10)13(9-17-14)11-2-1-5-16-8-11/h2-4,6,9,16H,1,5,8H2. The number of nitrogens with zero attached hydrogens (tertiary/aromatic N) is 1. The molecule has 84 valence electrons. The van der Waals surface area contributed by atoms with Crippen molar-refractivity contribution in [1.82, 2.24) is 5.32 Å². The molecule has 0 radical (unpaired) electrons. The molecule has 0 saturated heterocycles. The second-order valence-electron chi connectivity index (χ2n) is 4.17. The molecule has 0 atom stereocenters. The van der Waals surface area contributed by atoms with Crippen LogP contribution in [0.1, 0.15) is 17.5 Å². The predicted octanol–water partition coefficient (Wildman–Crippen LogP) is 3.15. The Kier molecular flexibility index (Phi) is 2.68. The first kappa shape index (κ1) is 10.5. The number of hydrogen-bond acceptors (Lipinski definition) is 3. The number of thiophene rings is 1. The van der Waals surface area contributed by atoms with Gasteiger partial charge in [0, 0.05) is 16.6 Å². The van der Waals surface area contributed by atoms with Crippen molar-refractivity contribution in [3.05, 3.63) is 40.8 Å². The Labute approximate surface area is 104 Å². The van der Waals surface area contributed by atoms with Crippen LogP contribution in [0.2, 0.25) is 0 Å². The minimum Gasteiger partial charge on any atom is -0.312 e. The molecule has 17 heavy (non-hydrogen) atoms. The normalized spacial score (nSPS) is 15.6. The van der Waals surface area contributed by atoms with E-state index >= 15 is 0 Å². The van der Waals surface area contributed by atoms with Gasteiger partial charge in [-0.05, 0) is 47.7 Å². The fourth-order valence-corrected chi connectivity index (χ4v) is 3.16. The molecule has 1 aliphatic rings. The van der Waals surface area contributed by atoms with Crippen LogP contribution in [0.5, 0.6) is 0 Å². The molecule has 2 aromatic rings. The van der Waals surface area contributed by atoms with E-state index in [0.717, 1.165) is 25.1 Å². The van der Waals surface area contributed by atoms with E-state index in [4.69, 9.17) is 5.26 Å². The van der Waals surface area contributed by atoms with Crippen LogP contribution in [-0.4, -0.2) is 13.1 Å². The van der Waals surface area contributed by atoms with Gasteiger partial charge in [0.25, 0.3) is 0 Å². The summed E-state index contributed by atoms with van der Waals surface area (Å²) >= 11 is 1.75. The minimum atomic E-state index is 0.738. The van der Waals surface area contributed by atoms with Crippen molar-refractivity contribution in [2.24, 2.45) is 0 Å². The molecular formula is C14H12N2S. The van der Waals surface area contributed by atoms with Gasteiger partial charge in [0.2, 0.25) is 0 Å². The van der Waals surface area contributed by atoms with Crippen molar-refractivity contribution in [2.75, 3.05) is 13.1 Å². The van der Waals surface area contributed by atoms with Crippen molar-refractivity contribution in [1.29, 1.82) is 5.26 Å². The first-order chi connectivity index (χ1) is 8.38. The maximum atomic E-state index is 8.96. The summed E-state index contributed by atoms with van der Waals surface area (Å²) in [6.45, 7) is 2.00. The molecule has 0 unspecified atom stereocenters. The van der Waals surface area contributed by atoms with Gasteiger partial charge in [-0.15, -0.1) is 11.3 Å². The monoisotopic (exact) mass is 240 g/mol. The summed E-state index contributed by atoms with van der Waals surface area (Å²) in [7, 11) is 0. The largest absolute Gasteiger partial charge is 0.312 e. The highest BCUT2D eigenvalue weighted by atomic mass is 32.1. The number of fused-ring (bicyclic) bond motifs is 1. The zero-order valence-electron chi connectivity index (χ0n) is 9.36. The van der Waals surface area contributed by atoms with E-state index in [1.165, 1.54) is 21.2 Å². The average Bonchev–Trinajstić information content (AvgIpc) is 2.82. The molecule has 0 amide bonds. The van der Waals surface area contributed by atoms with Crippen molar-refractivity contribution in [2.45, 2.75) is 6.42 Å². The van der Waals surface area contributed by atoms with Gasteiger partial charge >= 0.3 is 0 Å². The molecule has 1 N–H and O–H groups in total. The van der Waals surface area contributed by atoms with Gasteiger partial charge in [-0.1, -0.05) is 6.08 Å². The fraction of sp³-hybridized carbons (Fsp3) is 0.214. The third-order valence-corrected chi connectivity index (χ3v) is 4.04. The highest BCUT2D eigenvalue weighted by Crippen LogP contribution is 2.32. The Morgan fingerprint density at radius 3 is 3.06 bits per heavy atom.